The molecule has 0 bridgehead atoms. The van der Waals surface area contributed by atoms with E-state index in [1.54, 1.807) is 6.08 Å². The molecule has 3 atom stereocenters. The number of likely N-dealkylation sites (N-methyl/N-ethyl adjacent to an activating group) is 1. The number of nitrogens with zero attached hydrogens (tertiary/aromatic N) is 1. The third-order valence-corrected chi connectivity index (χ3v) is 11.9. The first-order chi connectivity index (χ1) is 27.5. The van der Waals surface area contributed by atoms with Crippen molar-refractivity contribution in [3.05, 3.63) is 24.3 Å². The summed E-state index contributed by atoms with van der Waals surface area (Å²) >= 11 is 0. The number of rotatable bonds is 44. The van der Waals surface area contributed by atoms with E-state index in [9.17, 15) is 19.4 Å². The molecule has 1 amide bonds. The molecule has 0 aromatic heterocycles. The summed E-state index contributed by atoms with van der Waals surface area (Å²) < 4.78 is 23.5. The smallest absolute Gasteiger partial charge is 0.387 e. The van der Waals surface area contributed by atoms with Crippen LogP contribution in [0.15, 0.2) is 24.3 Å². The van der Waals surface area contributed by atoms with Gasteiger partial charge in [0.15, 0.2) is 0 Å². The van der Waals surface area contributed by atoms with E-state index >= 15 is 0 Å². The average molecular weight is 828 g/mol. The molecule has 0 aliphatic carbocycles. The van der Waals surface area contributed by atoms with Crippen LogP contribution in [0.25, 0.3) is 0 Å². The molecule has 8 nitrogen and oxygen atoms in total. The Morgan fingerprint density at radius 3 is 1.40 bits per heavy atom. The second kappa shape index (κ2) is 40.4. The maximum atomic E-state index is 12.9. The molecule has 57 heavy (non-hydrogen) atoms. The number of amides is 1. The van der Waals surface area contributed by atoms with Gasteiger partial charge >= 0.3 is 7.82 Å². The lowest BCUT2D eigenvalue weighted by molar-refractivity contribution is -0.870. The van der Waals surface area contributed by atoms with Crippen molar-refractivity contribution in [3.8, 4) is 0 Å². The number of carbonyl (C=O) groups excluding carboxylic acids is 1. The Labute approximate surface area is 354 Å². The molecule has 0 heterocycles. The van der Waals surface area contributed by atoms with Gasteiger partial charge in [-0.05, 0) is 32.1 Å². The summed E-state index contributed by atoms with van der Waals surface area (Å²) in [7, 11) is 1.56. The van der Waals surface area contributed by atoms with Crippen LogP contribution >= 0.6 is 7.82 Å². The number of phosphoric ester groups is 1. The Balaban J connectivity index is 4.23. The summed E-state index contributed by atoms with van der Waals surface area (Å²) in [6.45, 7) is 4.79. The van der Waals surface area contributed by atoms with Crippen molar-refractivity contribution in [2.75, 3.05) is 40.9 Å². The van der Waals surface area contributed by atoms with E-state index < -0.39 is 20.0 Å². The molecule has 0 aliphatic heterocycles. The first-order valence-corrected chi connectivity index (χ1v) is 25.7. The molecular formula is C48H96N2O6P+. The number of nitrogens with one attached hydrogen (secondary N) is 1. The van der Waals surface area contributed by atoms with E-state index in [0.29, 0.717) is 17.4 Å². The molecule has 0 aromatic carbocycles. The van der Waals surface area contributed by atoms with E-state index in [1.165, 1.54) is 167 Å². The van der Waals surface area contributed by atoms with Crippen LogP contribution in [-0.2, 0) is 18.4 Å². The molecule has 0 fully saturated rings. The van der Waals surface area contributed by atoms with E-state index in [1.807, 2.05) is 27.2 Å². The Morgan fingerprint density at radius 1 is 0.579 bits per heavy atom. The number of hydrogen-bond acceptors (Lipinski definition) is 5. The zero-order valence-corrected chi connectivity index (χ0v) is 39.2. The van der Waals surface area contributed by atoms with Gasteiger partial charge in [-0.2, -0.15) is 0 Å². The van der Waals surface area contributed by atoms with Crippen LogP contribution in [0, 0.1) is 0 Å². The Hall–Kier alpha value is -1.02. The van der Waals surface area contributed by atoms with Crippen molar-refractivity contribution in [2.45, 2.75) is 238 Å². The third kappa shape index (κ3) is 42.9. The minimum absolute atomic E-state index is 0.0582. The fraction of sp³-hybridized carbons (Fsp3) is 0.896. The van der Waals surface area contributed by atoms with Crippen molar-refractivity contribution in [3.63, 3.8) is 0 Å². The van der Waals surface area contributed by atoms with Gasteiger partial charge in [-0.3, -0.25) is 13.8 Å². The number of allylic oxidation sites excluding steroid dienone is 3. The van der Waals surface area contributed by atoms with Gasteiger partial charge in [0.25, 0.3) is 0 Å². The molecule has 3 N–H and O–H groups in total. The highest BCUT2D eigenvalue weighted by atomic mass is 31.2. The predicted octanol–water partition coefficient (Wildman–Crippen LogP) is 13.7. The quantitative estimate of drug-likeness (QED) is 0.0244. The van der Waals surface area contributed by atoms with E-state index in [2.05, 4.69) is 31.3 Å². The molecule has 0 spiro atoms. The molecule has 0 saturated carbocycles. The van der Waals surface area contributed by atoms with Crippen LogP contribution in [-0.4, -0.2) is 73.4 Å². The highest BCUT2D eigenvalue weighted by Gasteiger charge is 2.27. The highest BCUT2D eigenvalue weighted by Crippen LogP contribution is 2.43. The molecular weight excluding hydrogens is 732 g/mol. The first kappa shape index (κ1) is 56.0. The molecule has 0 aliphatic rings. The lowest BCUT2D eigenvalue weighted by Gasteiger charge is -2.25. The topological polar surface area (TPSA) is 105 Å². The number of hydrogen-bond donors (Lipinski definition) is 3. The zero-order valence-electron chi connectivity index (χ0n) is 38.3. The van der Waals surface area contributed by atoms with Crippen LogP contribution in [0.3, 0.4) is 0 Å². The third-order valence-electron chi connectivity index (χ3n) is 10.9. The van der Waals surface area contributed by atoms with Gasteiger partial charge in [0.2, 0.25) is 5.91 Å². The van der Waals surface area contributed by atoms with Gasteiger partial charge in [0.1, 0.15) is 13.2 Å². The number of carbonyl (C=O) groups is 1. The van der Waals surface area contributed by atoms with Gasteiger partial charge < -0.3 is 19.8 Å². The van der Waals surface area contributed by atoms with Gasteiger partial charge in [0, 0.05) is 6.42 Å². The van der Waals surface area contributed by atoms with Crippen molar-refractivity contribution < 1.29 is 32.9 Å². The molecule has 0 radical (unpaired) electrons. The van der Waals surface area contributed by atoms with Crippen LogP contribution in [0.4, 0.5) is 0 Å². The standard InChI is InChI=1S/C48H95N2O6P/c1-6-8-10-12-14-16-18-20-21-22-23-24-25-26-27-28-29-30-32-34-36-38-40-42-48(52)49-46(45-56-57(53,54)55-44-43-50(3,4)5)47(51)41-39-37-35-33-31-19-17-15-13-11-9-7-2/h31,33,39,41,46-47,51H,6-30,32,34-38,40,42-45H2,1-5H3,(H-,49,52,53,54)/p+1/b33-31+,41-39+/t46-,47+/m0/s1. The van der Waals surface area contributed by atoms with Crippen LogP contribution in [0.5, 0.6) is 0 Å². The zero-order chi connectivity index (χ0) is 42.1. The molecule has 0 rings (SSSR count). The molecule has 0 saturated heterocycles. The van der Waals surface area contributed by atoms with Gasteiger partial charge in [-0.1, -0.05) is 212 Å². The van der Waals surface area contributed by atoms with Gasteiger partial charge in [-0.15, -0.1) is 0 Å². The molecule has 9 heteroatoms. The summed E-state index contributed by atoms with van der Waals surface area (Å²) in [5.41, 5.74) is 0. The fourth-order valence-electron chi connectivity index (χ4n) is 7.06. The summed E-state index contributed by atoms with van der Waals surface area (Å²) in [5.74, 6) is -0.184. The van der Waals surface area contributed by atoms with E-state index in [-0.39, 0.29) is 19.1 Å². The minimum Gasteiger partial charge on any atom is -0.387 e. The fourth-order valence-corrected chi connectivity index (χ4v) is 7.79. The Morgan fingerprint density at radius 2 is 0.965 bits per heavy atom. The number of aliphatic hydroxyl groups is 1. The molecule has 338 valence electrons. The maximum absolute atomic E-state index is 12.9. The van der Waals surface area contributed by atoms with E-state index in [4.69, 9.17) is 9.05 Å². The van der Waals surface area contributed by atoms with Crippen molar-refractivity contribution >= 4 is 13.7 Å². The van der Waals surface area contributed by atoms with Crippen LogP contribution in [0.1, 0.15) is 226 Å². The first-order valence-electron chi connectivity index (χ1n) is 24.2. The Bertz CT molecular complexity index is 984. The summed E-state index contributed by atoms with van der Waals surface area (Å²) in [6, 6.07) is -0.857. The number of phosphoric acid groups is 1. The predicted molar refractivity (Wildman–Crippen MR) is 245 cm³/mol. The molecule has 1 unspecified atom stereocenters. The van der Waals surface area contributed by atoms with Crippen LogP contribution < -0.4 is 5.32 Å². The normalized spacial score (nSPS) is 14.4. The lowest BCUT2D eigenvalue weighted by atomic mass is 10.0. The minimum atomic E-state index is -4.34. The summed E-state index contributed by atoms with van der Waals surface area (Å²) in [5, 5.41) is 13.8. The average Bonchev–Trinajstić information content (AvgIpc) is 3.16. The second-order valence-electron chi connectivity index (χ2n) is 17.8. The summed E-state index contributed by atoms with van der Waals surface area (Å²) in [6.07, 6.45) is 48.4. The maximum Gasteiger partial charge on any atom is 0.472 e. The monoisotopic (exact) mass is 828 g/mol. The van der Waals surface area contributed by atoms with Gasteiger partial charge in [0.05, 0.1) is 39.9 Å². The lowest BCUT2D eigenvalue weighted by Crippen LogP contribution is -2.45. The number of unbranched alkanes of at least 4 members (excludes halogenated alkanes) is 29. The number of aliphatic hydroxyl groups excluding tert-OH is 1. The van der Waals surface area contributed by atoms with Crippen molar-refractivity contribution in [1.82, 2.24) is 5.32 Å². The van der Waals surface area contributed by atoms with Crippen molar-refractivity contribution in [2.24, 2.45) is 0 Å². The summed E-state index contributed by atoms with van der Waals surface area (Å²) in [4.78, 5) is 23.1. The second-order valence-corrected chi connectivity index (χ2v) is 19.3. The van der Waals surface area contributed by atoms with Crippen LogP contribution in [0.2, 0.25) is 0 Å². The Kier molecular flexibility index (Phi) is 39.7. The number of quaternary nitrogens is 1. The largest absolute Gasteiger partial charge is 0.472 e. The SMILES string of the molecule is CCCCCCCC/C=C/CC/C=C/[C@@H](O)[C@H](COP(=O)(O)OCC[N+](C)(C)C)NC(=O)CCCCCCCCCCCCCCCCCCCCCCCCC. The van der Waals surface area contributed by atoms with Crippen molar-refractivity contribution in [1.29, 1.82) is 0 Å². The highest BCUT2D eigenvalue weighted by molar-refractivity contribution is 7.47. The van der Waals surface area contributed by atoms with E-state index in [0.717, 1.165) is 38.5 Å². The van der Waals surface area contributed by atoms with Gasteiger partial charge in [-0.25, -0.2) is 4.57 Å². The molecule has 0 aromatic rings.